The van der Waals surface area contributed by atoms with Crippen LogP contribution in [0.3, 0.4) is 0 Å². The zero-order valence-electron chi connectivity index (χ0n) is 12.9. The van der Waals surface area contributed by atoms with Gasteiger partial charge < -0.3 is 9.47 Å². The lowest BCUT2D eigenvalue weighted by Gasteiger charge is -2.45. The number of hydrogen-bond donors (Lipinski definition) is 0. The van der Waals surface area contributed by atoms with Crippen LogP contribution in [0.5, 0.6) is 0 Å². The predicted molar refractivity (Wildman–Crippen MR) is 82.0 cm³/mol. The summed E-state index contributed by atoms with van der Waals surface area (Å²) in [5, 5.41) is 0. The van der Waals surface area contributed by atoms with Crippen LogP contribution in [0.2, 0.25) is 0 Å². The Balaban J connectivity index is 1.84. The van der Waals surface area contributed by atoms with E-state index in [-0.39, 0.29) is 0 Å². The Labute approximate surface area is 122 Å². The van der Waals surface area contributed by atoms with Gasteiger partial charge in [0.1, 0.15) is 0 Å². The molecule has 0 bridgehead atoms. The first-order valence-electron chi connectivity index (χ1n) is 7.52. The molecule has 4 heteroatoms. The average Bonchev–Trinajstić information content (AvgIpc) is 2.37. The molecule has 2 aliphatic rings. The Bertz CT molecular complexity index is 280. The van der Waals surface area contributed by atoms with Crippen LogP contribution in [0, 0.1) is 0 Å². The van der Waals surface area contributed by atoms with Gasteiger partial charge in [-0.2, -0.15) is 11.8 Å². The molecule has 1 aliphatic heterocycles. The lowest BCUT2D eigenvalue weighted by atomic mass is 9.88. The fourth-order valence-electron chi connectivity index (χ4n) is 3.11. The molecule has 1 aliphatic carbocycles. The third-order valence-corrected chi connectivity index (χ3v) is 5.39. The van der Waals surface area contributed by atoms with Gasteiger partial charge >= 0.3 is 0 Å². The SMILES string of the molecule is COC1CCC2OCCN(CCSC(C)(C)C)C2C1. The van der Waals surface area contributed by atoms with Gasteiger partial charge in [0.25, 0.3) is 0 Å². The molecule has 3 nitrogen and oxygen atoms in total. The summed E-state index contributed by atoms with van der Waals surface area (Å²) < 4.78 is 11.9. The minimum Gasteiger partial charge on any atom is -0.381 e. The lowest BCUT2D eigenvalue weighted by Crippen LogP contribution is -2.55. The number of fused-ring (bicyclic) bond motifs is 1. The summed E-state index contributed by atoms with van der Waals surface area (Å²) in [5.74, 6) is 1.21. The Hall–Kier alpha value is 0.230. The molecule has 0 amide bonds. The van der Waals surface area contributed by atoms with E-state index >= 15 is 0 Å². The van der Waals surface area contributed by atoms with Crippen LogP contribution in [0.25, 0.3) is 0 Å². The van der Waals surface area contributed by atoms with Crippen molar-refractivity contribution in [1.82, 2.24) is 4.90 Å². The summed E-state index contributed by atoms with van der Waals surface area (Å²) in [6.45, 7) is 10.0. The van der Waals surface area contributed by atoms with Crippen LogP contribution in [0.15, 0.2) is 0 Å². The van der Waals surface area contributed by atoms with Gasteiger partial charge in [0.15, 0.2) is 0 Å². The highest BCUT2D eigenvalue weighted by molar-refractivity contribution is 8.00. The molecule has 0 spiro atoms. The molecule has 2 fully saturated rings. The molecule has 2 rings (SSSR count). The molecule has 3 unspecified atom stereocenters. The number of ether oxygens (including phenoxy) is 2. The van der Waals surface area contributed by atoms with E-state index in [2.05, 4.69) is 37.4 Å². The Morgan fingerprint density at radius 3 is 2.79 bits per heavy atom. The first kappa shape index (κ1) is 15.6. The van der Waals surface area contributed by atoms with Crippen LogP contribution in [0.1, 0.15) is 40.0 Å². The van der Waals surface area contributed by atoms with E-state index in [1.807, 2.05) is 7.11 Å². The summed E-state index contributed by atoms with van der Waals surface area (Å²) in [5.41, 5.74) is 0. The van der Waals surface area contributed by atoms with E-state index in [0.29, 0.717) is 23.0 Å². The highest BCUT2D eigenvalue weighted by Crippen LogP contribution is 2.31. The van der Waals surface area contributed by atoms with Crippen molar-refractivity contribution in [2.45, 2.75) is 63.0 Å². The molecule has 1 saturated carbocycles. The zero-order valence-corrected chi connectivity index (χ0v) is 13.7. The second-order valence-corrected chi connectivity index (χ2v) is 8.57. The average molecular weight is 287 g/mol. The van der Waals surface area contributed by atoms with Crippen molar-refractivity contribution in [3.05, 3.63) is 0 Å². The number of thioether (sulfide) groups is 1. The van der Waals surface area contributed by atoms with Crippen LogP contribution >= 0.6 is 11.8 Å². The largest absolute Gasteiger partial charge is 0.381 e. The molecule has 3 atom stereocenters. The molecule has 0 aromatic heterocycles. The van der Waals surface area contributed by atoms with E-state index in [0.717, 1.165) is 32.4 Å². The van der Waals surface area contributed by atoms with Crippen LogP contribution in [-0.2, 0) is 9.47 Å². The summed E-state index contributed by atoms with van der Waals surface area (Å²) >= 11 is 2.06. The normalized spacial score (nSPS) is 33.2. The highest BCUT2D eigenvalue weighted by Gasteiger charge is 2.37. The van der Waals surface area contributed by atoms with Crippen LogP contribution in [-0.4, -0.2) is 60.5 Å². The van der Waals surface area contributed by atoms with Gasteiger partial charge in [-0.1, -0.05) is 20.8 Å². The minimum absolute atomic E-state index is 0.368. The first-order chi connectivity index (χ1) is 8.99. The fraction of sp³-hybridized carbons (Fsp3) is 1.00. The van der Waals surface area contributed by atoms with Gasteiger partial charge in [0, 0.05) is 36.7 Å². The van der Waals surface area contributed by atoms with Gasteiger partial charge in [-0.3, -0.25) is 4.90 Å². The number of nitrogens with zero attached hydrogens (tertiary/aromatic N) is 1. The van der Waals surface area contributed by atoms with E-state index < -0.39 is 0 Å². The van der Waals surface area contributed by atoms with Crippen molar-refractivity contribution in [3.8, 4) is 0 Å². The molecule has 0 aromatic rings. The highest BCUT2D eigenvalue weighted by atomic mass is 32.2. The van der Waals surface area contributed by atoms with E-state index in [4.69, 9.17) is 9.47 Å². The zero-order chi connectivity index (χ0) is 13.9. The van der Waals surface area contributed by atoms with Crippen LogP contribution < -0.4 is 0 Å². The van der Waals surface area contributed by atoms with Gasteiger partial charge in [-0.25, -0.2) is 0 Å². The maximum Gasteiger partial charge on any atom is 0.0732 e. The Morgan fingerprint density at radius 2 is 2.11 bits per heavy atom. The summed E-state index contributed by atoms with van der Waals surface area (Å²) in [4.78, 5) is 2.64. The topological polar surface area (TPSA) is 21.7 Å². The third-order valence-electron chi connectivity index (χ3n) is 4.13. The predicted octanol–water partition coefficient (Wildman–Crippen LogP) is 2.79. The molecule has 0 aromatic carbocycles. The maximum atomic E-state index is 5.95. The monoisotopic (exact) mass is 287 g/mol. The number of methoxy groups -OCH3 is 1. The number of rotatable bonds is 4. The first-order valence-corrected chi connectivity index (χ1v) is 8.50. The van der Waals surface area contributed by atoms with Crippen molar-refractivity contribution in [2.24, 2.45) is 0 Å². The van der Waals surface area contributed by atoms with Gasteiger partial charge in [-0.15, -0.1) is 0 Å². The third kappa shape index (κ3) is 4.62. The number of hydrogen-bond acceptors (Lipinski definition) is 4. The molecule has 112 valence electrons. The van der Waals surface area contributed by atoms with E-state index in [9.17, 15) is 0 Å². The molecule has 1 heterocycles. The van der Waals surface area contributed by atoms with Crippen molar-refractivity contribution in [1.29, 1.82) is 0 Å². The maximum absolute atomic E-state index is 5.95. The summed E-state index contributed by atoms with van der Waals surface area (Å²) in [6.07, 6.45) is 4.33. The summed E-state index contributed by atoms with van der Waals surface area (Å²) in [7, 11) is 1.84. The molecule has 19 heavy (non-hydrogen) atoms. The van der Waals surface area contributed by atoms with Gasteiger partial charge in [0.05, 0.1) is 18.8 Å². The number of morpholine rings is 1. The van der Waals surface area contributed by atoms with Gasteiger partial charge in [-0.05, 0) is 19.3 Å². The van der Waals surface area contributed by atoms with E-state index in [1.165, 1.54) is 12.3 Å². The molecular formula is C15H29NO2S. The second kappa shape index (κ2) is 6.79. The van der Waals surface area contributed by atoms with Crippen molar-refractivity contribution in [2.75, 3.05) is 32.6 Å². The summed E-state index contributed by atoms with van der Waals surface area (Å²) in [6, 6.07) is 0.577. The second-order valence-electron chi connectivity index (χ2n) is 6.64. The minimum atomic E-state index is 0.368. The quantitative estimate of drug-likeness (QED) is 0.792. The van der Waals surface area contributed by atoms with Crippen LogP contribution in [0.4, 0.5) is 0 Å². The van der Waals surface area contributed by atoms with Crippen molar-refractivity contribution in [3.63, 3.8) is 0 Å². The standard InChI is InChI=1S/C15H29NO2S/c1-15(2,3)19-10-8-16-7-9-18-14-6-5-12(17-4)11-13(14)16/h12-14H,5-11H2,1-4H3. The van der Waals surface area contributed by atoms with Crippen molar-refractivity contribution >= 4 is 11.8 Å². The van der Waals surface area contributed by atoms with Crippen molar-refractivity contribution < 1.29 is 9.47 Å². The fourth-order valence-corrected chi connectivity index (χ4v) is 4.05. The molecule has 0 N–H and O–H groups in total. The molecule has 1 saturated heterocycles. The molecular weight excluding hydrogens is 258 g/mol. The smallest absolute Gasteiger partial charge is 0.0732 e. The van der Waals surface area contributed by atoms with E-state index in [1.54, 1.807) is 0 Å². The van der Waals surface area contributed by atoms with Gasteiger partial charge in [0.2, 0.25) is 0 Å². The Kier molecular flexibility index (Phi) is 5.58. The molecule has 0 radical (unpaired) electrons. The lowest BCUT2D eigenvalue weighted by molar-refractivity contribution is -0.111. The Morgan fingerprint density at radius 1 is 1.32 bits per heavy atom.